The van der Waals surface area contributed by atoms with Crippen molar-refractivity contribution in [3.63, 3.8) is 0 Å². The van der Waals surface area contributed by atoms with Crippen molar-refractivity contribution in [1.29, 1.82) is 0 Å². The molecule has 1 aliphatic rings. The summed E-state index contributed by atoms with van der Waals surface area (Å²) in [6.45, 7) is 4.45. The third-order valence-corrected chi connectivity index (χ3v) is 3.45. The fourth-order valence-corrected chi connectivity index (χ4v) is 2.38. The number of hydrogen-bond donors (Lipinski definition) is 0. The molecule has 0 aromatic heterocycles. The quantitative estimate of drug-likeness (QED) is 0.738. The normalized spacial score (nSPS) is 19.0. The highest BCUT2D eigenvalue weighted by molar-refractivity contribution is 5.43. The molecule has 0 amide bonds. The Morgan fingerprint density at radius 3 is 2.94 bits per heavy atom. The second kappa shape index (κ2) is 5.38. The second-order valence-corrected chi connectivity index (χ2v) is 4.70. The number of fused-ring (bicyclic) bond motifs is 1. The molecule has 88 valence electrons. The zero-order valence-electron chi connectivity index (χ0n) is 10.5. The van der Waals surface area contributed by atoms with Gasteiger partial charge in [0, 0.05) is 0 Å². The highest BCUT2D eigenvalue weighted by Gasteiger charge is 2.20. The van der Waals surface area contributed by atoms with Crippen molar-refractivity contribution in [2.24, 2.45) is 0 Å². The number of unbranched alkanes of at least 4 members (excludes halogenated alkanes) is 1. The maximum Gasteiger partial charge on any atom is 0.126 e. The first kappa shape index (κ1) is 11.5. The first-order valence-electron chi connectivity index (χ1n) is 6.62. The molecule has 0 spiro atoms. The average molecular weight is 218 g/mol. The fourth-order valence-electron chi connectivity index (χ4n) is 2.38. The van der Waals surface area contributed by atoms with Crippen molar-refractivity contribution in [1.82, 2.24) is 0 Å². The predicted molar refractivity (Wildman–Crippen MR) is 68.1 cm³/mol. The van der Waals surface area contributed by atoms with Crippen molar-refractivity contribution in [3.05, 3.63) is 29.3 Å². The standard InChI is InChI=1S/C15H22O/c1-3-5-7-12-8-6-9-13-10-11-14(4-2)16-15(12)13/h6,8-9,14H,3-5,7,10-11H2,1-2H3. The minimum Gasteiger partial charge on any atom is -0.490 e. The summed E-state index contributed by atoms with van der Waals surface area (Å²) in [5, 5.41) is 0. The van der Waals surface area contributed by atoms with Gasteiger partial charge in [-0.1, -0.05) is 38.5 Å². The monoisotopic (exact) mass is 218 g/mol. The number of benzene rings is 1. The number of para-hydroxylation sites is 1. The minimum atomic E-state index is 0.440. The van der Waals surface area contributed by atoms with Crippen LogP contribution in [0.3, 0.4) is 0 Å². The molecule has 0 radical (unpaired) electrons. The molecule has 0 aliphatic carbocycles. The van der Waals surface area contributed by atoms with Crippen LogP contribution in [0.25, 0.3) is 0 Å². The molecule has 1 heterocycles. The first-order chi connectivity index (χ1) is 7.85. The topological polar surface area (TPSA) is 9.23 Å². The summed E-state index contributed by atoms with van der Waals surface area (Å²) in [4.78, 5) is 0. The van der Waals surface area contributed by atoms with Gasteiger partial charge in [-0.05, 0) is 43.2 Å². The summed E-state index contributed by atoms with van der Waals surface area (Å²) in [6, 6.07) is 6.63. The molecule has 1 atom stereocenters. The van der Waals surface area contributed by atoms with Gasteiger partial charge in [-0.25, -0.2) is 0 Å². The summed E-state index contributed by atoms with van der Waals surface area (Å²) in [5.74, 6) is 1.20. The molecule has 1 aliphatic heterocycles. The van der Waals surface area contributed by atoms with E-state index in [9.17, 15) is 0 Å². The molecule has 0 N–H and O–H groups in total. The summed E-state index contributed by atoms with van der Waals surface area (Å²) in [6.07, 6.45) is 7.61. The Bertz CT molecular complexity index is 343. The third-order valence-electron chi connectivity index (χ3n) is 3.45. The van der Waals surface area contributed by atoms with E-state index in [1.54, 1.807) is 0 Å². The Labute approximate surface area is 98.8 Å². The maximum absolute atomic E-state index is 6.11. The van der Waals surface area contributed by atoms with Crippen LogP contribution in [0.15, 0.2) is 18.2 Å². The number of hydrogen-bond acceptors (Lipinski definition) is 1. The molecule has 1 heteroatoms. The zero-order valence-corrected chi connectivity index (χ0v) is 10.5. The molecular weight excluding hydrogens is 196 g/mol. The smallest absolute Gasteiger partial charge is 0.126 e. The summed E-state index contributed by atoms with van der Waals surface area (Å²) in [5.41, 5.74) is 2.83. The van der Waals surface area contributed by atoms with Gasteiger partial charge in [-0.3, -0.25) is 0 Å². The van der Waals surface area contributed by atoms with E-state index in [2.05, 4.69) is 32.0 Å². The minimum absolute atomic E-state index is 0.440. The fraction of sp³-hybridized carbons (Fsp3) is 0.600. The predicted octanol–water partition coefficient (Wildman–Crippen LogP) is 4.13. The van der Waals surface area contributed by atoms with E-state index in [-0.39, 0.29) is 0 Å². The molecule has 0 saturated heterocycles. The van der Waals surface area contributed by atoms with Crippen molar-refractivity contribution < 1.29 is 4.74 Å². The lowest BCUT2D eigenvalue weighted by Gasteiger charge is -2.27. The van der Waals surface area contributed by atoms with Gasteiger partial charge < -0.3 is 4.74 Å². The van der Waals surface area contributed by atoms with Crippen molar-refractivity contribution in [3.8, 4) is 5.75 Å². The number of ether oxygens (including phenoxy) is 1. The molecule has 0 fully saturated rings. The third kappa shape index (κ3) is 2.40. The van der Waals surface area contributed by atoms with Gasteiger partial charge in [0.2, 0.25) is 0 Å². The average Bonchev–Trinajstić information content (AvgIpc) is 2.35. The van der Waals surface area contributed by atoms with E-state index >= 15 is 0 Å². The summed E-state index contributed by atoms with van der Waals surface area (Å²) >= 11 is 0. The van der Waals surface area contributed by atoms with E-state index in [0.717, 1.165) is 12.8 Å². The Morgan fingerprint density at radius 2 is 2.19 bits per heavy atom. The Morgan fingerprint density at radius 1 is 1.31 bits per heavy atom. The molecule has 16 heavy (non-hydrogen) atoms. The van der Waals surface area contributed by atoms with Gasteiger partial charge in [-0.15, -0.1) is 0 Å². The van der Waals surface area contributed by atoms with Crippen LogP contribution in [0.5, 0.6) is 5.75 Å². The number of rotatable bonds is 4. The van der Waals surface area contributed by atoms with Crippen LogP contribution < -0.4 is 4.74 Å². The Balaban J connectivity index is 2.20. The van der Waals surface area contributed by atoms with Gasteiger partial charge in [-0.2, -0.15) is 0 Å². The van der Waals surface area contributed by atoms with Crippen molar-refractivity contribution in [2.45, 2.75) is 58.5 Å². The van der Waals surface area contributed by atoms with Crippen molar-refractivity contribution >= 4 is 0 Å². The highest BCUT2D eigenvalue weighted by atomic mass is 16.5. The van der Waals surface area contributed by atoms with E-state index in [1.807, 2.05) is 0 Å². The molecule has 1 nitrogen and oxygen atoms in total. The summed E-state index contributed by atoms with van der Waals surface area (Å²) < 4.78 is 6.11. The summed E-state index contributed by atoms with van der Waals surface area (Å²) in [7, 11) is 0. The van der Waals surface area contributed by atoms with Gasteiger partial charge in [0.25, 0.3) is 0 Å². The molecule has 0 bridgehead atoms. The van der Waals surface area contributed by atoms with Crippen LogP contribution in [0, 0.1) is 0 Å². The zero-order chi connectivity index (χ0) is 11.4. The highest BCUT2D eigenvalue weighted by Crippen LogP contribution is 2.32. The molecule has 1 aromatic carbocycles. The lowest BCUT2D eigenvalue weighted by atomic mass is 9.96. The molecule has 0 saturated carbocycles. The molecule has 1 unspecified atom stereocenters. The lowest BCUT2D eigenvalue weighted by molar-refractivity contribution is 0.167. The Hall–Kier alpha value is -0.980. The first-order valence-corrected chi connectivity index (χ1v) is 6.62. The van der Waals surface area contributed by atoms with Crippen LogP contribution in [-0.2, 0) is 12.8 Å². The van der Waals surface area contributed by atoms with E-state index < -0.39 is 0 Å². The Kier molecular flexibility index (Phi) is 3.87. The largest absolute Gasteiger partial charge is 0.490 e. The second-order valence-electron chi connectivity index (χ2n) is 4.70. The van der Waals surface area contributed by atoms with E-state index in [0.29, 0.717) is 6.10 Å². The van der Waals surface area contributed by atoms with E-state index in [1.165, 1.54) is 42.6 Å². The van der Waals surface area contributed by atoms with Crippen LogP contribution in [0.2, 0.25) is 0 Å². The molecule has 2 rings (SSSR count). The molecule has 1 aromatic rings. The van der Waals surface area contributed by atoms with Gasteiger partial charge in [0.05, 0.1) is 6.10 Å². The van der Waals surface area contributed by atoms with Crippen molar-refractivity contribution in [2.75, 3.05) is 0 Å². The van der Waals surface area contributed by atoms with Gasteiger partial charge in [0.1, 0.15) is 5.75 Å². The number of aryl methyl sites for hydroxylation is 2. The maximum atomic E-state index is 6.11. The van der Waals surface area contributed by atoms with Crippen LogP contribution in [0.1, 0.15) is 50.7 Å². The van der Waals surface area contributed by atoms with Crippen LogP contribution in [-0.4, -0.2) is 6.10 Å². The van der Waals surface area contributed by atoms with Gasteiger partial charge in [0.15, 0.2) is 0 Å². The molecular formula is C15H22O. The van der Waals surface area contributed by atoms with Crippen LogP contribution in [0.4, 0.5) is 0 Å². The van der Waals surface area contributed by atoms with Crippen LogP contribution >= 0.6 is 0 Å². The van der Waals surface area contributed by atoms with E-state index in [4.69, 9.17) is 4.74 Å². The SMILES string of the molecule is CCCCc1cccc2c1OC(CC)CC2. The lowest BCUT2D eigenvalue weighted by Crippen LogP contribution is -2.22. The van der Waals surface area contributed by atoms with Gasteiger partial charge >= 0.3 is 0 Å².